The summed E-state index contributed by atoms with van der Waals surface area (Å²) in [4.78, 5) is 2.35. The summed E-state index contributed by atoms with van der Waals surface area (Å²) in [6.07, 6.45) is 0. The zero-order valence-electron chi connectivity index (χ0n) is 11.0. The summed E-state index contributed by atoms with van der Waals surface area (Å²) < 4.78 is 1.01. The van der Waals surface area contributed by atoms with E-state index in [1.807, 2.05) is 12.1 Å². The smallest absolute Gasteiger partial charge is 0.0650 e. The fourth-order valence-corrected chi connectivity index (χ4v) is 3.41. The molecule has 104 valence electrons. The normalized spacial score (nSPS) is 19.1. The third kappa shape index (κ3) is 3.00. The van der Waals surface area contributed by atoms with Gasteiger partial charge in [0, 0.05) is 30.1 Å². The van der Waals surface area contributed by atoms with Gasteiger partial charge in [-0.3, -0.25) is 0 Å². The van der Waals surface area contributed by atoms with Crippen LogP contribution in [0, 0.1) is 0 Å². The van der Waals surface area contributed by atoms with Crippen LogP contribution >= 0.6 is 27.5 Å². The van der Waals surface area contributed by atoms with Crippen LogP contribution in [0.2, 0.25) is 5.02 Å². The summed E-state index contributed by atoms with van der Waals surface area (Å²) in [5.74, 6) is 0. The van der Waals surface area contributed by atoms with E-state index in [4.69, 9.17) is 11.6 Å². The molecule has 1 heterocycles. The van der Waals surface area contributed by atoms with E-state index in [9.17, 15) is 0 Å². The number of hydrogen-bond acceptors (Lipinski definition) is 2. The van der Waals surface area contributed by atoms with Crippen molar-refractivity contribution in [2.75, 3.05) is 24.5 Å². The Labute approximate surface area is 132 Å². The topological polar surface area (TPSA) is 15.3 Å². The fourth-order valence-electron chi connectivity index (χ4n) is 2.62. The Bertz CT molecular complexity index is 588. The second-order valence-electron chi connectivity index (χ2n) is 4.96. The van der Waals surface area contributed by atoms with E-state index in [0.717, 1.165) is 34.8 Å². The van der Waals surface area contributed by atoms with Gasteiger partial charge in [-0.05, 0) is 23.8 Å². The van der Waals surface area contributed by atoms with Gasteiger partial charge in [0.25, 0.3) is 0 Å². The van der Waals surface area contributed by atoms with Gasteiger partial charge in [0.1, 0.15) is 0 Å². The first-order valence-corrected chi connectivity index (χ1v) is 7.89. The van der Waals surface area contributed by atoms with E-state index in [2.05, 4.69) is 62.5 Å². The second-order valence-corrected chi connectivity index (χ2v) is 6.28. The Morgan fingerprint density at radius 1 is 1.15 bits per heavy atom. The number of nitrogens with zero attached hydrogens (tertiary/aromatic N) is 1. The van der Waals surface area contributed by atoms with Crippen molar-refractivity contribution < 1.29 is 0 Å². The molecule has 0 amide bonds. The van der Waals surface area contributed by atoms with Gasteiger partial charge in [-0.15, -0.1) is 0 Å². The molecule has 2 aromatic carbocycles. The SMILES string of the molecule is Clc1cc(Br)ccc1N1CCNC(c2ccccc2)C1. The van der Waals surface area contributed by atoms with Gasteiger partial charge >= 0.3 is 0 Å². The Balaban J connectivity index is 1.81. The number of piperazine rings is 1. The molecule has 1 saturated heterocycles. The highest BCUT2D eigenvalue weighted by atomic mass is 79.9. The largest absolute Gasteiger partial charge is 0.367 e. The Kier molecular flexibility index (Phi) is 4.29. The molecule has 1 atom stereocenters. The number of anilines is 1. The number of nitrogens with one attached hydrogen (secondary N) is 1. The van der Waals surface area contributed by atoms with E-state index in [1.165, 1.54) is 5.56 Å². The highest BCUT2D eigenvalue weighted by Crippen LogP contribution is 2.31. The molecule has 2 aromatic rings. The molecular formula is C16H16BrClN2. The first-order valence-electron chi connectivity index (χ1n) is 6.72. The van der Waals surface area contributed by atoms with Gasteiger partial charge in [-0.25, -0.2) is 0 Å². The minimum atomic E-state index is 0.352. The highest BCUT2D eigenvalue weighted by molar-refractivity contribution is 9.10. The van der Waals surface area contributed by atoms with Crippen LogP contribution in [0.5, 0.6) is 0 Å². The zero-order chi connectivity index (χ0) is 13.9. The van der Waals surface area contributed by atoms with Gasteiger partial charge in [0.15, 0.2) is 0 Å². The molecule has 1 N–H and O–H groups in total. The predicted molar refractivity (Wildman–Crippen MR) is 88.6 cm³/mol. The van der Waals surface area contributed by atoms with Crippen molar-refractivity contribution in [3.05, 3.63) is 63.6 Å². The van der Waals surface area contributed by atoms with Crippen LogP contribution < -0.4 is 10.2 Å². The number of benzene rings is 2. The molecule has 2 nitrogen and oxygen atoms in total. The van der Waals surface area contributed by atoms with Gasteiger partial charge < -0.3 is 10.2 Å². The summed E-state index contributed by atoms with van der Waals surface area (Å²) in [6.45, 7) is 2.88. The molecule has 0 bridgehead atoms. The quantitative estimate of drug-likeness (QED) is 0.870. The van der Waals surface area contributed by atoms with Gasteiger partial charge in [0.2, 0.25) is 0 Å². The molecule has 0 aliphatic carbocycles. The average molecular weight is 352 g/mol. The first kappa shape index (κ1) is 13.9. The van der Waals surface area contributed by atoms with Crippen LogP contribution in [0.1, 0.15) is 11.6 Å². The molecule has 0 spiro atoms. The van der Waals surface area contributed by atoms with Gasteiger partial charge in [-0.2, -0.15) is 0 Å². The maximum atomic E-state index is 6.36. The van der Waals surface area contributed by atoms with Crippen molar-refractivity contribution >= 4 is 33.2 Å². The van der Waals surface area contributed by atoms with Crippen LogP contribution in [0.4, 0.5) is 5.69 Å². The molecule has 0 radical (unpaired) electrons. The number of rotatable bonds is 2. The average Bonchev–Trinajstić information content (AvgIpc) is 2.48. The lowest BCUT2D eigenvalue weighted by Gasteiger charge is -2.36. The minimum absolute atomic E-state index is 0.352. The van der Waals surface area contributed by atoms with Crippen molar-refractivity contribution in [3.8, 4) is 0 Å². The fraction of sp³-hybridized carbons (Fsp3) is 0.250. The molecule has 1 aliphatic rings. The third-order valence-electron chi connectivity index (χ3n) is 3.63. The van der Waals surface area contributed by atoms with Crippen LogP contribution in [0.3, 0.4) is 0 Å². The van der Waals surface area contributed by atoms with Crippen LogP contribution in [-0.2, 0) is 0 Å². The van der Waals surface area contributed by atoms with Gasteiger partial charge in [0.05, 0.1) is 10.7 Å². The van der Waals surface area contributed by atoms with E-state index in [1.54, 1.807) is 0 Å². The van der Waals surface area contributed by atoms with Crippen LogP contribution in [0.15, 0.2) is 53.0 Å². The molecule has 20 heavy (non-hydrogen) atoms. The van der Waals surface area contributed by atoms with Crippen molar-refractivity contribution in [2.45, 2.75) is 6.04 Å². The summed E-state index contributed by atoms with van der Waals surface area (Å²) in [5.41, 5.74) is 2.43. The lowest BCUT2D eigenvalue weighted by atomic mass is 10.0. The molecule has 0 aromatic heterocycles. The zero-order valence-corrected chi connectivity index (χ0v) is 13.4. The minimum Gasteiger partial charge on any atom is -0.367 e. The Morgan fingerprint density at radius 2 is 1.95 bits per heavy atom. The standard InChI is InChI=1S/C16H16BrClN2/c17-13-6-7-16(14(18)10-13)20-9-8-19-15(11-20)12-4-2-1-3-5-12/h1-7,10,15,19H,8-9,11H2. The molecule has 1 unspecified atom stereocenters. The van der Waals surface area contributed by atoms with E-state index >= 15 is 0 Å². The molecule has 1 aliphatic heterocycles. The van der Waals surface area contributed by atoms with Crippen LogP contribution in [0.25, 0.3) is 0 Å². The summed E-state index contributed by atoms with van der Waals surface area (Å²) in [7, 11) is 0. The van der Waals surface area contributed by atoms with Crippen molar-refractivity contribution in [1.82, 2.24) is 5.32 Å². The monoisotopic (exact) mass is 350 g/mol. The predicted octanol–water partition coefficient (Wildman–Crippen LogP) is 4.25. The van der Waals surface area contributed by atoms with Crippen molar-refractivity contribution in [1.29, 1.82) is 0 Å². The third-order valence-corrected chi connectivity index (χ3v) is 4.42. The molecule has 0 saturated carbocycles. The molecular weight excluding hydrogens is 336 g/mol. The maximum absolute atomic E-state index is 6.36. The lowest BCUT2D eigenvalue weighted by molar-refractivity contribution is 0.472. The first-order chi connectivity index (χ1) is 9.74. The van der Waals surface area contributed by atoms with Crippen molar-refractivity contribution in [2.24, 2.45) is 0 Å². The molecule has 1 fully saturated rings. The number of halogens is 2. The second kappa shape index (κ2) is 6.17. The van der Waals surface area contributed by atoms with E-state index in [-0.39, 0.29) is 0 Å². The van der Waals surface area contributed by atoms with Crippen LogP contribution in [-0.4, -0.2) is 19.6 Å². The Hall–Kier alpha value is -1.03. The van der Waals surface area contributed by atoms with Crippen molar-refractivity contribution in [3.63, 3.8) is 0 Å². The summed E-state index contributed by atoms with van der Waals surface area (Å²) >= 11 is 9.82. The molecule has 4 heteroatoms. The van der Waals surface area contributed by atoms with E-state index in [0.29, 0.717) is 6.04 Å². The lowest BCUT2D eigenvalue weighted by Crippen LogP contribution is -2.46. The highest BCUT2D eigenvalue weighted by Gasteiger charge is 2.22. The van der Waals surface area contributed by atoms with Gasteiger partial charge in [-0.1, -0.05) is 57.9 Å². The summed E-state index contributed by atoms with van der Waals surface area (Å²) in [6, 6.07) is 17.0. The summed E-state index contributed by atoms with van der Waals surface area (Å²) in [5, 5.41) is 4.37. The van der Waals surface area contributed by atoms with E-state index < -0.39 is 0 Å². The Morgan fingerprint density at radius 3 is 2.70 bits per heavy atom. The number of hydrogen-bond donors (Lipinski definition) is 1. The molecule has 3 rings (SSSR count). The maximum Gasteiger partial charge on any atom is 0.0650 e.